The van der Waals surface area contributed by atoms with Crippen LogP contribution in [0.5, 0.6) is 0 Å². The first kappa shape index (κ1) is 14.9. The van der Waals surface area contributed by atoms with Gasteiger partial charge < -0.3 is 10.2 Å². The first-order valence-electron chi connectivity index (χ1n) is 6.84. The monoisotopic (exact) mass is 294 g/mol. The Hall–Kier alpha value is -1.55. The van der Waals surface area contributed by atoms with Crippen molar-refractivity contribution in [1.82, 2.24) is 10.2 Å². The zero-order valence-corrected chi connectivity index (χ0v) is 12.5. The zero-order valence-electron chi connectivity index (χ0n) is 11.7. The number of benzene rings is 1. The van der Waals surface area contributed by atoms with E-state index in [0.29, 0.717) is 11.6 Å². The van der Waals surface area contributed by atoms with Gasteiger partial charge in [0.2, 0.25) is 11.8 Å². The topological polar surface area (TPSA) is 49.4 Å². The molecule has 1 aromatic carbocycles. The van der Waals surface area contributed by atoms with Gasteiger partial charge in [-0.3, -0.25) is 9.59 Å². The minimum atomic E-state index is -0.392. The van der Waals surface area contributed by atoms with Crippen molar-refractivity contribution in [3.63, 3.8) is 0 Å². The fourth-order valence-corrected chi connectivity index (χ4v) is 2.55. The maximum Gasteiger partial charge on any atom is 0.243 e. The number of carbonyl (C=O) groups is 2. The summed E-state index contributed by atoms with van der Waals surface area (Å²) in [6, 6.07) is 6.97. The Labute approximate surface area is 124 Å². The Morgan fingerprint density at radius 2 is 2.00 bits per heavy atom. The fraction of sp³-hybridized carbons (Fsp3) is 0.467. The standard InChI is InChI=1S/C15H19ClN2O2/c1-3-10(2)14-15(20)17-8-13(19)18(14)9-11-4-6-12(16)7-5-11/h4-7,10,14H,3,8-9H2,1-2H3,(H,17,20). The average molecular weight is 295 g/mol. The van der Waals surface area contributed by atoms with Crippen LogP contribution in [-0.4, -0.2) is 29.3 Å². The quantitative estimate of drug-likeness (QED) is 0.925. The summed E-state index contributed by atoms with van der Waals surface area (Å²) in [5.41, 5.74) is 0.978. The molecule has 1 heterocycles. The van der Waals surface area contributed by atoms with Gasteiger partial charge in [0.05, 0.1) is 6.54 Å². The molecule has 2 atom stereocenters. The Morgan fingerprint density at radius 1 is 1.35 bits per heavy atom. The van der Waals surface area contributed by atoms with Crippen molar-refractivity contribution in [3.05, 3.63) is 34.9 Å². The average Bonchev–Trinajstić information content (AvgIpc) is 2.44. The number of halogens is 1. The van der Waals surface area contributed by atoms with E-state index in [0.717, 1.165) is 12.0 Å². The van der Waals surface area contributed by atoms with Gasteiger partial charge in [-0.15, -0.1) is 0 Å². The smallest absolute Gasteiger partial charge is 0.243 e. The second-order valence-electron chi connectivity index (χ2n) is 5.20. The maximum atomic E-state index is 12.1. The first-order chi connectivity index (χ1) is 9.52. The van der Waals surface area contributed by atoms with E-state index in [1.54, 1.807) is 17.0 Å². The molecule has 1 aliphatic heterocycles. The summed E-state index contributed by atoms with van der Waals surface area (Å²) in [6.07, 6.45) is 0.850. The van der Waals surface area contributed by atoms with E-state index in [1.165, 1.54) is 0 Å². The second kappa shape index (κ2) is 6.27. The Morgan fingerprint density at radius 3 is 2.60 bits per heavy atom. The van der Waals surface area contributed by atoms with Crippen molar-refractivity contribution in [3.8, 4) is 0 Å². The van der Waals surface area contributed by atoms with Crippen molar-refractivity contribution in [2.75, 3.05) is 6.54 Å². The molecule has 1 saturated heterocycles. The maximum absolute atomic E-state index is 12.1. The molecular weight excluding hydrogens is 276 g/mol. The van der Waals surface area contributed by atoms with Crippen LogP contribution in [0.25, 0.3) is 0 Å². The molecule has 0 radical (unpaired) electrons. The third-order valence-corrected chi connectivity index (χ3v) is 4.04. The van der Waals surface area contributed by atoms with Gasteiger partial charge in [-0.2, -0.15) is 0 Å². The molecule has 0 aromatic heterocycles. The lowest BCUT2D eigenvalue weighted by Gasteiger charge is -2.38. The number of hydrogen-bond donors (Lipinski definition) is 1. The number of piperazine rings is 1. The van der Waals surface area contributed by atoms with Gasteiger partial charge >= 0.3 is 0 Å². The van der Waals surface area contributed by atoms with Crippen LogP contribution in [0.3, 0.4) is 0 Å². The largest absolute Gasteiger partial charge is 0.345 e. The highest BCUT2D eigenvalue weighted by Gasteiger charge is 2.37. The molecule has 1 aliphatic rings. The highest BCUT2D eigenvalue weighted by Crippen LogP contribution is 2.21. The molecule has 0 bridgehead atoms. The molecule has 2 unspecified atom stereocenters. The Kier molecular flexibility index (Phi) is 4.65. The number of amides is 2. The minimum absolute atomic E-state index is 0.0372. The van der Waals surface area contributed by atoms with Crippen LogP contribution in [-0.2, 0) is 16.1 Å². The predicted octanol–water partition coefficient (Wildman–Crippen LogP) is 2.21. The number of hydrogen-bond acceptors (Lipinski definition) is 2. The van der Waals surface area contributed by atoms with Gasteiger partial charge in [0, 0.05) is 11.6 Å². The van der Waals surface area contributed by atoms with Crippen molar-refractivity contribution < 1.29 is 9.59 Å². The molecule has 0 saturated carbocycles. The Balaban J connectivity index is 2.22. The van der Waals surface area contributed by atoms with Gasteiger partial charge in [-0.05, 0) is 23.6 Å². The molecule has 1 fully saturated rings. The molecule has 0 aliphatic carbocycles. The van der Waals surface area contributed by atoms with Gasteiger partial charge in [0.1, 0.15) is 6.04 Å². The zero-order chi connectivity index (χ0) is 14.7. The van der Waals surface area contributed by atoms with Crippen molar-refractivity contribution in [1.29, 1.82) is 0 Å². The summed E-state index contributed by atoms with van der Waals surface area (Å²) in [7, 11) is 0. The lowest BCUT2D eigenvalue weighted by molar-refractivity contribution is -0.148. The number of nitrogens with zero attached hydrogens (tertiary/aromatic N) is 1. The van der Waals surface area contributed by atoms with Gasteiger partial charge in [-0.25, -0.2) is 0 Å². The van der Waals surface area contributed by atoms with Crippen LogP contribution in [0.1, 0.15) is 25.8 Å². The highest BCUT2D eigenvalue weighted by atomic mass is 35.5. The van der Waals surface area contributed by atoms with Gasteiger partial charge in [0.15, 0.2) is 0 Å². The van der Waals surface area contributed by atoms with Crippen LogP contribution in [0.4, 0.5) is 0 Å². The molecule has 20 heavy (non-hydrogen) atoms. The van der Waals surface area contributed by atoms with E-state index in [-0.39, 0.29) is 24.3 Å². The SMILES string of the molecule is CCC(C)C1C(=O)NCC(=O)N1Cc1ccc(Cl)cc1. The number of carbonyl (C=O) groups excluding carboxylic acids is 2. The van der Waals surface area contributed by atoms with Gasteiger partial charge in [0.25, 0.3) is 0 Å². The second-order valence-corrected chi connectivity index (χ2v) is 5.63. The van der Waals surface area contributed by atoms with Crippen molar-refractivity contribution in [2.24, 2.45) is 5.92 Å². The van der Waals surface area contributed by atoms with E-state index >= 15 is 0 Å². The molecule has 5 heteroatoms. The van der Waals surface area contributed by atoms with Crippen LogP contribution in [0, 0.1) is 5.92 Å². The summed E-state index contributed by atoms with van der Waals surface area (Å²) < 4.78 is 0. The van der Waals surface area contributed by atoms with E-state index < -0.39 is 6.04 Å². The highest BCUT2D eigenvalue weighted by molar-refractivity contribution is 6.30. The third-order valence-electron chi connectivity index (χ3n) is 3.79. The van der Waals surface area contributed by atoms with E-state index in [9.17, 15) is 9.59 Å². The molecule has 0 spiro atoms. The summed E-state index contributed by atoms with van der Waals surface area (Å²) in [5, 5.41) is 3.33. The van der Waals surface area contributed by atoms with Crippen molar-refractivity contribution in [2.45, 2.75) is 32.9 Å². The summed E-state index contributed by atoms with van der Waals surface area (Å²) in [6.45, 7) is 4.55. The van der Waals surface area contributed by atoms with Crippen molar-refractivity contribution >= 4 is 23.4 Å². The number of rotatable bonds is 4. The third kappa shape index (κ3) is 3.12. The van der Waals surface area contributed by atoms with Crippen LogP contribution in [0.15, 0.2) is 24.3 Å². The normalized spacial score (nSPS) is 20.8. The molecule has 1 aromatic rings. The lowest BCUT2D eigenvalue weighted by atomic mass is 9.94. The van der Waals surface area contributed by atoms with Crippen LogP contribution >= 0.6 is 11.6 Å². The summed E-state index contributed by atoms with van der Waals surface area (Å²) >= 11 is 5.86. The Bertz CT molecular complexity index is 501. The van der Waals surface area contributed by atoms with Crippen LogP contribution in [0.2, 0.25) is 5.02 Å². The molecule has 2 rings (SSSR count). The van der Waals surface area contributed by atoms with Gasteiger partial charge in [-0.1, -0.05) is 44.0 Å². The van der Waals surface area contributed by atoms with E-state index in [1.807, 2.05) is 26.0 Å². The summed E-state index contributed by atoms with van der Waals surface area (Å²) in [4.78, 5) is 25.9. The molecule has 108 valence electrons. The summed E-state index contributed by atoms with van der Waals surface area (Å²) in [5.74, 6) is 0.0318. The van der Waals surface area contributed by atoms with E-state index in [2.05, 4.69) is 5.32 Å². The molecular formula is C15H19ClN2O2. The molecule has 4 nitrogen and oxygen atoms in total. The predicted molar refractivity (Wildman–Crippen MR) is 78.3 cm³/mol. The minimum Gasteiger partial charge on any atom is -0.345 e. The molecule has 1 N–H and O–H groups in total. The van der Waals surface area contributed by atoms with Crippen LogP contribution < -0.4 is 5.32 Å². The van der Waals surface area contributed by atoms with E-state index in [4.69, 9.17) is 11.6 Å². The fourth-order valence-electron chi connectivity index (χ4n) is 2.43. The molecule has 2 amide bonds. The first-order valence-corrected chi connectivity index (χ1v) is 7.22. The number of nitrogens with one attached hydrogen (secondary N) is 1. The lowest BCUT2D eigenvalue weighted by Crippen LogP contribution is -2.60.